The van der Waals surface area contributed by atoms with E-state index in [1.165, 1.54) is 23.9 Å². The molecule has 1 fully saturated rings. The van der Waals surface area contributed by atoms with Crippen molar-refractivity contribution in [2.75, 3.05) is 0 Å². The van der Waals surface area contributed by atoms with E-state index in [0.717, 1.165) is 18.4 Å². The van der Waals surface area contributed by atoms with Gasteiger partial charge in [0.2, 0.25) is 0 Å². The van der Waals surface area contributed by atoms with Crippen molar-refractivity contribution in [2.45, 2.75) is 36.2 Å². The molecule has 0 bridgehead atoms. The number of aromatic nitrogens is 3. The molecule has 1 heterocycles. The molecular weight excluding hydrogens is 376 g/mol. The fraction of sp³-hybridized carbons (Fsp3) is 0.250. The van der Waals surface area contributed by atoms with E-state index in [-0.39, 0.29) is 16.7 Å². The number of hydrogen-bond acceptors (Lipinski definition) is 6. The second-order valence-corrected chi connectivity index (χ2v) is 8.01. The summed E-state index contributed by atoms with van der Waals surface area (Å²) in [5.41, 5.74) is 1.49. The summed E-state index contributed by atoms with van der Waals surface area (Å²) in [5.74, 6) is 0.729. The first-order valence-corrected chi connectivity index (χ1v) is 9.88. The number of ketones is 1. The van der Waals surface area contributed by atoms with Crippen LogP contribution in [0.4, 0.5) is 5.69 Å². The lowest BCUT2D eigenvalue weighted by atomic mass is 10.1. The molecule has 2 aromatic carbocycles. The smallest absolute Gasteiger partial charge is 0.269 e. The Labute approximate surface area is 165 Å². The molecule has 142 valence electrons. The van der Waals surface area contributed by atoms with Crippen molar-refractivity contribution in [1.82, 2.24) is 14.8 Å². The maximum atomic E-state index is 12.7. The first-order chi connectivity index (χ1) is 13.5. The normalized spacial score (nSPS) is 14.6. The fourth-order valence-corrected chi connectivity index (χ4v) is 3.99. The van der Waals surface area contributed by atoms with Crippen LogP contribution < -0.4 is 0 Å². The average molecular weight is 394 g/mol. The zero-order chi connectivity index (χ0) is 19.7. The van der Waals surface area contributed by atoms with Gasteiger partial charge in [-0.15, -0.1) is 10.2 Å². The van der Waals surface area contributed by atoms with Gasteiger partial charge in [0, 0.05) is 29.3 Å². The van der Waals surface area contributed by atoms with Gasteiger partial charge in [0.25, 0.3) is 5.69 Å². The summed E-state index contributed by atoms with van der Waals surface area (Å²) in [7, 11) is 0. The lowest BCUT2D eigenvalue weighted by Gasteiger charge is -2.12. The van der Waals surface area contributed by atoms with Crippen LogP contribution in [0, 0.1) is 10.1 Å². The Morgan fingerprint density at radius 2 is 1.82 bits per heavy atom. The lowest BCUT2D eigenvalue weighted by Crippen LogP contribution is -2.14. The quantitative estimate of drug-likeness (QED) is 0.253. The number of thioether (sulfide) groups is 1. The number of Topliss-reactive ketones (excluding diaryl/α,β-unsaturated/α-hetero) is 1. The highest BCUT2D eigenvalue weighted by Crippen LogP contribution is 2.42. The summed E-state index contributed by atoms with van der Waals surface area (Å²) < 4.78 is 2.06. The third-order valence-corrected chi connectivity index (χ3v) is 5.68. The SMILES string of the molecule is CC(Sc1nnc(-c2ccc([N+](=O)[O-])cc2)n1C1CC1)C(=O)c1ccccc1. The molecule has 4 rings (SSSR count). The number of benzene rings is 2. The van der Waals surface area contributed by atoms with Gasteiger partial charge in [0.15, 0.2) is 16.8 Å². The van der Waals surface area contributed by atoms with Crippen LogP contribution in [0.25, 0.3) is 11.4 Å². The minimum Gasteiger partial charge on any atom is -0.299 e. The number of carbonyl (C=O) groups excluding carboxylic acids is 1. The highest BCUT2D eigenvalue weighted by atomic mass is 32.2. The molecule has 1 atom stereocenters. The molecule has 0 saturated heterocycles. The molecule has 8 heteroatoms. The predicted octanol–water partition coefficient (Wildman–Crippen LogP) is 4.55. The van der Waals surface area contributed by atoms with Crippen molar-refractivity contribution in [2.24, 2.45) is 0 Å². The Balaban J connectivity index is 1.60. The van der Waals surface area contributed by atoms with Crippen molar-refractivity contribution in [1.29, 1.82) is 0 Å². The zero-order valence-corrected chi connectivity index (χ0v) is 16.0. The monoisotopic (exact) mass is 394 g/mol. The summed E-state index contributed by atoms with van der Waals surface area (Å²) >= 11 is 1.40. The van der Waals surface area contributed by atoms with Gasteiger partial charge < -0.3 is 0 Å². The standard InChI is InChI=1S/C20H18N4O3S/c1-13(18(25)14-5-3-2-4-6-14)28-20-22-21-19(23(20)16-11-12-16)15-7-9-17(10-8-15)24(26)27/h2-10,13,16H,11-12H2,1H3. The molecule has 1 aliphatic rings. The van der Waals surface area contributed by atoms with Gasteiger partial charge in [-0.3, -0.25) is 19.5 Å². The van der Waals surface area contributed by atoms with Crippen molar-refractivity contribution >= 4 is 23.2 Å². The van der Waals surface area contributed by atoms with Crippen LogP contribution in [0.5, 0.6) is 0 Å². The summed E-state index contributed by atoms with van der Waals surface area (Å²) in [6.07, 6.45) is 2.07. The van der Waals surface area contributed by atoms with Gasteiger partial charge in [-0.05, 0) is 31.9 Å². The van der Waals surface area contributed by atoms with Gasteiger partial charge >= 0.3 is 0 Å². The van der Waals surface area contributed by atoms with Crippen LogP contribution in [0.2, 0.25) is 0 Å². The highest BCUT2D eigenvalue weighted by molar-refractivity contribution is 8.00. The van der Waals surface area contributed by atoms with E-state index in [0.29, 0.717) is 22.6 Å². The van der Waals surface area contributed by atoms with Crippen LogP contribution in [0.15, 0.2) is 59.8 Å². The number of nitro benzene ring substituents is 1. The van der Waals surface area contributed by atoms with E-state index in [9.17, 15) is 14.9 Å². The van der Waals surface area contributed by atoms with E-state index in [2.05, 4.69) is 14.8 Å². The Hall–Kier alpha value is -3.00. The van der Waals surface area contributed by atoms with Crippen LogP contribution in [0.3, 0.4) is 0 Å². The molecule has 1 unspecified atom stereocenters. The molecular formula is C20H18N4O3S. The Morgan fingerprint density at radius 1 is 1.14 bits per heavy atom. The largest absolute Gasteiger partial charge is 0.299 e. The van der Waals surface area contributed by atoms with Gasteiger partial charge in [-0.1, -0.05) is 42.1 Å². The maximum absolute atomic E-state index is 12.7. The Morgan fingerprint density at radius 3 is 2.43 bits per heavy atom. The molecule has 0 N–H and O–H groups in total. The molecule has 7 nitrogen and oxygen atoms in total. The maximum Gasteiger partial charge on any atom is 0.269 e. The first-order valence-electron chi connectivity index (χ1n) is 9.00. The van der Waals surface area contributed by atoms with Gasteiger partial charge in [0.05, 0.1) is 10.2 Å². The number of nitro groups is 1. The van der Waals surface area contributed by atoms with Crippen LogP contribution in [0.1, 0.15) is 36.2 Å². The Bertz CT molecular complexity index is 1010. The number of hydrogen-bond donors (Lipinski definition) is 0. The molecule has 1 aromatic heterocycles. The van der Waals surface area contributed by atoms with E-state index in [4.69, 9.17) is 0 Å². The van der Waals surface area contributed by atoms with Crippen LogP contribution in [-0.2, 0) is 0 Å². The number of non-ortho nitro benzene ring substituents is 1. The van der Waals surface area contributed by atoms with Gasteiger partial charge in [0.1, 0.15) is 0 Å². The zero-order valence-electron chi connectivity index (χ0n) is 15.2. The topological polar surface area (TPSA) is 90.9 Å². The van der Waals surface area contributed by atoms with Crippen LogP contribution >= 0.6 is 11.8 Å². The molecule has 0 radical (unpaired) electrons. The predicted molar refractivity (Wildman–Crippen MR) is 106 cm³/mol. The van der Waals surface area contributed by atoms with E-state index < -0.39 is 4.92 Å². The molecule has 0 spiro atoms. The van der Waals surface area contributed by atoms with Crippen molar-refractivity contribution in [3.05, 3.63) is 70.3 Å². The van der Waals surface area contributed by atoms with E-state index >= 15 is 0 Å². The summed E-state index contributed by atoms with van der Waals surface area (Å²) in [4.78, 5) is 23.1. The summed E-state index contributed by atoms with van der Waals surface area (Å²) in [6, 6.07) is 15.8. The van der Waals surface area contributed by atoms with Crippen molar-refractivity contribution in [3.63, 3.8) is 0 Å². The lowest BCUT2D eigenvalue weighted by molar-refractivity contribution is -0.384. The molecule has 1 saturated carbocycles. The van der Waals surface area contributed by atoms with Crippen molar-refractivity contribution in [3.8, 4) is 11.4 Å². The summed E-state index contributed by atoms with van der Waals surface area (Å²) in [6.45, 7) is 1.87. The average Bonchev–Trinajstić information content (AvgIpc) is 3.48. The number of carbonyl (C=O) groups is 1. The summed E-state index contributed by atoms with van der Waals surface area (Å²) in [5, 5.41) is 19.9. The molecule has 0 amide bonds. The number of nitrogens with zero attached hydrogens (tertiary/aromatic N) is 4. The van der Waals surface area contributed by atoms with Crippen molar-refractivity contribution < 1.29 is 9.72 Å². The third kappa shape index (κ3) is 3.68. The van der Waals surface area contributed by atoms with Gasteiger partial charge in [-0.2, -0.15) is 0 Å². The third-order valence-electron chi connectivity index (χ3n) is 4.62. The minimum absolute atomic E-state index is 0.0397. The minimum atomic E-state index is -0.423. The molecule has 1 aliphatic carbocycles. The Kier molecular flexibility index (Phi) is 4.95. The molecule has 3 aromatic rings. The fourth-order valence-electron chi connectivity index (χ4n) is 3.00. The van der Waals surface area contributed by atoms with Gasteiger partial charge in [-0.25, -0.2) is 0 Å². The highest BCUT2D eigenvalue weighted by Gasteiger charge is 2.31. The number of rotatable bonds is 7. The molecule has 28 heavy (non-hydrogen) atoms. The van der Waals surface area contributed by atoms with E-state index in [1.54, 1.807) is 12.1 Å². The second-order valence-electron chi connectivity index (χ2n) is 6.70. The molecule has 0 aliphatic heterocycles. The van der Waals surface area contributed by atoms with E-state index in [1.807, 2.05) is 37.3 Å². The second kappa shape index (κ2) is 7.55. The van der Waals surface area contributed by atoms with Crippen LogP contribution in [-0.4, -0.2) is 30.7 Å². The first kappa shape index (κ1) is 18.4.